The Morgan fingerprint density at radius 1 is 1.28 bits per heavy atom. The van der Waals surface area contributed by atoms with Crippen molar-refractivity contribution < 1.29 is 18.7 Å². The summed E-state index contributed by atoms with van der Waals surface area (Å²) in [5, 5.41) is 0.767. The van der Waals surface area contributed by atoms with E-state index in [2.05, 4.69) is 0 Å². The molecule has 0 fully saturated rings. The molecule has 1 aliphatic rings. The highest BCUT2D eigenvalue weighted by atomic mass is 16.6. The number of fused-ring (bicyclic) bond motifs is 3. The number of ether oxygens (including phenoxy) is 2. The smallest absolute Gasteiger partial charge is 0.336 e. The van der Waals surface area contributed by atoms with E-state index in [9.17, 15) is 9.59 Å². The third-order valence-corrected chi connectivity index (χ3v) is 4.62. The van der Waals surface area contributed by atoms with Gasteiger partial charge in [-0.1, -0.05) is 12.2 Å². The molecule has 5 heteroatoms. The molecule has 1 aliphatic heterocycles. The summed E-state index contributed by atoms with van der Waals surface area (Å²) in [6.07, 6.45) is 4.11. The molecule has 3 rings (SSSR count). The zero-order valence-corrected chi connectivity index (χ0v) is 14.9. The molecule has 0 amide bonds. The summed E-state index contributed by atoms with van der Waals surface area (Å²) in [5.74, 6) is 0.0837. The van der Waals surface area contributed by atoms with Crippen LogP contribution in [0.4, 0.5) is 0 Å². The van der Waals surface area contributed by atoms with Crippen LogP contribution in [0.25, 0.3) is 11.0 Å². The Labute approximate surface area is 146 Å². The Morgan fingerprint density at radius 3 is 2.68 bits per heavy atom. The van der Waals surface area contributed by atoms with Crippen LogP contribution in [0, 0.1) is 5.92 Å². The van der Waals surface area contributed by atoms with E-state index in [1.165, 1.54) is 13.0 Å². The standard InChI is InChI=1S/C20H22O5/c1-5-6-7-14-19(23-12(2)21)17-15(25-20(14,3)4)10-8-13-9-11-16(22)24-18(13)17/h5-6,8-11,14,19H,7H2,1-4H3. The van der Waals surface area contributed by atoms with Gasteiger partial charge in [-0.2, -0.15) is 0 Å². The van der Waals surface area contributed by atoms with Gasteiger partial charge in [-0.25, -0.2) is 4.79 Å². The Hall–Kier alpha value is -2.56. The molecule has 5 nitrogen and oxygen atoms in total. The predicted molar refractivity (Wildman–Crippen MR) is 94.6 cm³/mol. The predicted octanol–water partition coefficient (Wildman–Crippen LogP) is 4.15. The van der Waals surface area contributed by atoms with E-state index in [0.29, 0.717) is 23.3 Å². The zero-order valence-electron chi connectivity index (χ0n) is 14.9. The molecule has 2 aromatic rings. The van der Waals surface area contributed by atoms with E-state index in [1.54, 1.807) is 6.07 Å². The number of carbonyl (C=O) groups excluding carboxylic acids is 1. The van der Waals surface area contributed by atoms with Crippen molar-refractivity contribution in [2.45, 2.75) is 45.8 Å². The van der Waals surface area contributed by atoms with Crippen LogP contribution in [0.15, 0.2) is 45.6 Å². The van der Waals surface area contributed by atoms with Gasteiger partial charge in [0.1, 0.15) is 23.0 Å². The summed E-state index contributed by atoms with van der Waals surface area (Å²) in [6.45, 7) is 7.29. The molecule has 2 heterocycles. The molecule has 1 aromatic heterocycles. The first-order valence-electron chi connectivity index (χ1n) is 8.37. The van der Waals surface area contributed by atoms with Crippen LogP contribution >= 0.6 is 0 Å². The molecule has 0 spiro atoms. The van der Waals surface area contributed by atoms with Gasteiger partial charge in [0.15, 0.2) is 0 Å². The van der Waals surface area contributed by atoms with Gasteiger partial charge in [0.05, 0.1) is 5.56 Å². The van der Waals surface area contributed by atoms with Gasteiger partial charge in [-0.15, -0.1) is 0 Å². The van der Waals surface area contributed by atoms with Crippen LogP contribution in [-0.4, -0.2) is 11.6 Å². The molecule has 2 unspecified atom stereocenters. The number of rotatable bonds is 3. The fourth-order valence-corrected chi connectivity index (χ4v) is 3.43. The molecule has 25 heavy (non-hydrogen) atoms. The number of allylic oxidation sites excluding steroid dienone is 2. The Morgan fingerprint density at radius 2 is 2.00 bits per heavy atom. The van der Waals surface area contributed by atoms with Crippen LogP contribution in [-0.2, 0) is 9.53 Å². The van der Waals surface area contributed by atoms with Crippen molar-refractivity contribution in [2.24, 2.45) is 5.92 Å². The van der Waals surface area contributed by atoms with Crippen molar-refractivity contribution in [3.8, 4) is 5.75 Å². The van der Waals surface area contributed by atoms with Gasteiger partial charge in [-0.05, 0) is 45.4 Å². The highest BCUT2D eigenvalue weighted by Crippen LogP contribution is 2.49. The molecule has 0 aliphatic carbocycles. The number of benzene rings is 1. The first-order chi connectivity index (χ1) is 11.8. The normalized spacial score (nSPS) is 21.8. The summed E-state index contributed by atoms with van der Waals surface area (Å²) < 4.78 is 17.3. The van der Waals surface area contributed by atoms with Gasteiger partial charge in [0.25, 0.3) is 0 Å². The van der Waals surface area contributed by atoms with Gasteiger partial charge < -0.3 is 13.9 Å². The van der Waals surface area contributed by atoms with Crippen molar-refractivity contribution in [3.63, 3.8) is 0 Å². The lowest BCUT2D eigenvalue weighted by molar-refractivity contribution is -0.157. The van der Waals surface area contributed by atoms with E-state index < -0.39 is 17.3 Å². The Kier molecular flexibility index (Phi) is 4.41. The quantitative estimate of drug-likeness (QED) is 0.476. The van der Waals surface area contributed by atoms with Crippen LogP contribution in [0.2, 0.25) is 0 Å². The third-order valence-electron chi connectivity index (χ3n) is 4.62. The van der Waals surface area contributed by atoms with Gasteiger partial charge >= 0.3 is 11.6 Å². The van der Waals surface area contributed by atoms with Gasteiger partial charge in [0, 0.05) is 24.3 Å². The number of hydrogen-bond donors (Lipinski definition) is 0. The molecule has 0 N–H and O–H groups in total. The minimum Gasteiger partial charge on any atom is -0.487 e. The maximum atomic E-state index is 11.8. The number of carbonyl (C=O) groups is 1. The molecule has 2 atom stereocenters. The van der Waals surface area contributed by atoms with Gasteiger partial charge in [-0.3, -0.25) is 4.79 Å². The van der Waals surface area contributed by atoms with Crippen LogP contribution < -0.4 is 10.4 Å². The second-order valence-electron chi connectivity index (χ2n) is 6.80. The monoisotopic (exact) mass is 342 g/mol. The summed E-state index contributed by atoms with van der Waals surface area (Å²) >= 11 is 0. The molecule has 0 radical (unpaired) electrons. The average molecular weight is 342 g/mol. The van der Waals surface area contributed by atoms with Crippen molar-refractivity contribution in [2.75, 3.05) is 0 Å². The molecule has 1 aromatic carbocycles. The van der Waals surface area contributed by atoms with Crippen molar-refractivity contribution >= 4 is 16.9 Å². The molecular weight excluding hydrogens is 320 g/mol. The first kappa shape index (κ1) is 17.3. The third kappa shape index (κ3) is 3.18. The topological polar surface area (TPSA) is 65.7 Å². The number of hydrogen-bond acceptors (Lipinski definition) is 5. The lowest BCUT2D eigenvalue weighted by atomic mass is 9.77. The average Bonchev–Trinajstić information content (AvgIpc) is 2.52. The molecule has 132 valence electrons. The largest absolute Gasteiger partial charge is 0.487 e. The lowest BCUT2D eigenvalue weighted by Gasteiger charge is -2.44. The van der Waals surface area contributed by atoms with E-state index in [1.807, 2.05) is 45.1 Å². The molecule has 0 bridgehead atoms. The lowest BCUT2D eigenvalue weighted by Crippen LogP contribution is -2.45. The minimum atomic E-state index is -0.554. The van der Waals surface area contributed by atoms with Crippen LogP contribution in [0.1, 0.15) is 45.8 Å². The van der Waals surface area contributed by atoms with E-state index >= 15 is 0 Å². The Bertz CT molecular complexity index is 891. The maximum absolute atomic E-state index is 11.8. The van der Waals surface area contributed by atoms with Crippen molar-refractivity contribution in [3.05, 3.63) is 52.4 Å². The SMILES string of the molecule is CC=CCC1C(OC(C)=O)c2c(ccc3ccc(=O)oc23)OC1(C)C. The van der Waals surface area contributed by atoms with Crippen LogP contribution in [0.3, 0.4) is 0 Å². The minimum absolute atomic E-state index is 0.115. The fraction of sp³-hybridized carbons (Fsp3) is 0.400. The summed E-state index contributed by atoms with van der Waals surface area (Å²) in [7, 11) is 0. The molecular formula is C20H22O5. The number of esters is 1. The highest BCUT2D eigenvalue weighted by Gasteiger charge is 2.46. The van der Waals surface area contributed by atoms with E-state index in [0.717, 1.165) is 5.39 Å². The van der Waals surface area contributed by atoms with Crippen molar-refractivity contribution in [1.29, 1.82) is 0 Å². The van der Waals surface area contributed by atoms with E-state index in [-0.39, 0.29) is 11.9 Å². The molecule has 0 saturated heterocycles. The second-order valence-corrected chi connectivity index (χ2v) is 6.80. The molecule has 0 saturated carbocycles. The maximum Gasteiger partial charge on any atom is 0.336 e. The fourth-order valence-electron chi connectivity index (χ4n) is 3.43. The highest BCUT2D eigenvalue weighted by molar-refractivity contribution is 5.83. The summed E-state index contributed by atoms with van der Waals surface area (Å²) in [5.41, 5.74) is 0.0452. The summed E-state index contributed by atoms with van der Waals surface area (Å²) in [6, 6.07) is 6.75. The zero-order chi connectivity index (χ0) is 18.2. The first-order valence-corrected chi connectivity index (χ1v) is 8.37. The van der Waals surface area contributed by atoms with E-state index in [4.69, 9.17) is 13.9 Å². The van der Waals surface area contributed by atoms with Gasteiger partial charge in [0.2, 0.25) is 0 Å². The Balaban J connectivity index is 2.26. The second kappa shape index (κ2) is 6.39. The summed E-state index contributed by atoms with van der Waals surface area (Å²) in [4.78, 5) is 23.5. The van der Waals surface area contributed by atoms with Crippen molar-refractivity contribution in [1.82, 2.24) is 0 Å². The van der Waals surface area contributed by atoms with Crippen LogP contribution in [0.5, 0.6) is 5.75 Å².